The Labute approximate surface area is 126 Å². The van der Waals surface area contributed by atoms with Gasteiger partial charge in [0.05, 0.1) is 10.7 Å². The van der Waals surface area contributed by atoms with Crippen LogP contribution in [-0.4, -0.2) is 25.0 Å². The van der Waals surface area contributed by atoms with E-state index in [-0.39, 0.29) is 5.91 Å². The summed E-state index contributed by atoms with van der Waals surface area (Å²) in [4.78, 5) is 18.1. The summed E-state index contributed by atoms with van der Waals surface area (Å²) in [5.41, 5.74) is 7.36. The number of thiazole rings is 1. The van der Waals surface area contributed by atoms with Crippen molar-refractivity contribution in [3.05, 3.63) is 39.3 Å². The Morgan fingerprint density at radius 1 is 1.50 bits per heavy atom. The van der Waals surface area contributed by atoms with Crippen LogP contribution in [0.1, 0.15) is 15.5 Å². The third-order valence-electron chi connectivity index (χ3n) is 2.65. The molecular formula is C13H15ClN4OS. The molecule has 1 aromatic heterocycles. The lowest BCUT2D eigenvalue weighted by Gasteiger charge is -2.15. The van der Waals surface area contributed by atoms with Crippen LogP contribution < -0.4 is 16.0 Å². The highest BCUT2D eigenvalue weighted by Gasteiger charge is 2.11. The molecule has 0 atom stereocenters. The van der Waals surface area contributed by atoms with Crippen LogP contribution in [0.5, 0.6) is 0 Å². The number of nitrogens with two attached hydrogens (primary N) is 1. The van der Waals surface area contributed by atoms with E-state index in [1.165, 1.54) is 11.3 Å². The van der Waals surface area contributed by atoms with Gasteiger partial charge in [0.25, 0.3) is 5.91 Å². The molecule has 1 amide bonds. The lowest BCUT2D eigenvalue weighted by atomic mass is 10.2. The molecule has 5 nitrogen and oxygen atoms in total. The zero-order valence-electron chi connectivity index (χ0n) is 11.2. The maximum Gasteiger partial charge on any atom is 0.275 e. The van der Waals surface area contributed by atoms with Crippen LogP contribution in [0.15, 0.2) is 23.6 Å². The lowest BCUT2D eigenvalue weighted by Crippen LogP contribution is -2.13. The predicted molar refractivity (Wildman–Crippen MR) is 83.7 cm³/mol. The van der Waals surface area contributed by atoms with Crippen molar-refractivity contribution in [3.63, 3.8) is 0 Å². The second kappa shape index (κ2) is 6.21. The standard InChI is InChI=1S/C13H15ClN4OS/c1-18(2)11-4-3-8(5-9(11)14)16-13(19)10-7-20-12(6-15)17-10/h3-5,7H,6,15H2,1-2H3,(H,16,19). The largest absolute Gasteiger partial charge is 0.376 e. The van der Waals surface area contributed by atoms with Crippen LogP contribution in [0.4, 0.5) is 11.4 Å². The first-order chi connectivity index (χ1) is 9.51. The van der Waals surface area contributed by atoms with Crippen LogP contribution in [-0.2, 0) is 6.54 Å². The first-order valence-corrected chi connectivity index (χ1v) is 7.19. The van der Waals surface area contributed by atoms with Crippen molar-refractivity contribution in [2.45, 2.75) is 6.54 Å². The summed E-state index contributed by atoms with van der Waals surface area (Å²) in [5, 5.41) is 5.76. The van der Waals surface area contributed by atoms with Gasteiger partial charge in [-0.05, 0) is 18.2 Å². The molecule has 0 aliphatic rings. The summed E-state index contributed by atoms with van der Waals surface area (Å²) in [6, 6.07) is 5.37. The van der Waals surface area contributed by atoms with Crippen molar-refractivity contribution in [3.8, 4) is 0 Å². The fraction of sp³-hybridized carbons (Fsp3) is 0.231. The smallest absolute Gasteiger partial charge is 0.275 e. The van der Waals surface area contributed by atoms with E-state index < -0.39 is 0 Å². The summed E-state index contributed by atoms with van der Waals surface area (Å²) >= 11 is 7.53. The number of nitrogens with zero attached hydrogens (tertiary/aromatic N) is 2. The summed E-state index contributed by atoms with van der Waals surface area (Å²) in [6.07, 6.45) is 0. The molecule has 0 fully saturated rings. The van der Waals surface area contributed by atoms with E-state index in [4.69, 9.17) is 17.3 Å². The highest BCUT2D eigenvalue weighted by Crippen LogP contribution is 2.27. The van der Waals surface area contributed by atoms with E-state index in [0.29, 0.717) is 22.9 Å². The van der Waals surface area contributed by atoms with Gasteiger partial charge in [0.15, 0.2) is 0 Å². The Morgan fingerprint density at radius 3 is 2.80 bits per heavy atom. The average molecular weight is 311 g/mol. The van der Waals surface area contributed by atoms with Crippen molar-refractivity contribution < 1.29 is 4.79 Å². The zero-order valence-corrected chi connectivity index (χ0v) is 12.8. The number of halogens is 1. The predicted octanol–water partition coefficient (Wildman–Crippen LogP) is 2.57. The third kappa shape index (κ3) is 3.27. The number of carbonyl (C=O) groups excluding carboxylic acids is 1. The van der Waals surface area contributed by atoms with Gasteiger partial charge >= 0.3 is 0 Å². The number of nitrogens with one attached hydrogen (secondary N) is 1. The van der Waals surface area contributed by atoms with Crippen LogP contribution in [0.2, 0.25) is 5.02 Å². The zero-order chi connectivity index (χ0) is 14.7. The van der Waals surface area contributed by atoms with E-state index in [0.717, 1.165) is 10.7 Å². The Balaban J connectivity index is 2.13. The summed E-state index contributed by atoms with van der Waals surface area (Å²) in [7, 11) is 3.81. The van der Waals surface area contributed by atoms with Gasteiger partial charge in [-0.1, -0.05) is 11.6 Å². The molecule has 1 aromatic carbocycles. The summed E-state index contributed by atoms with van der Waals surface area (Å²) in [6.45, 7) is 0.335. The molecule has 0 saturated carbocycles. The van der Waals surface area contributed by atoms with E-state index in [1.807, 2.05) is 25.1 Å². The number of hydrogen-bond donors (Lipinski definition) is 2. The minimum absolute atomic E-state index is 0.269. The number of amides is 1. The third-order valence-corrected chi connectivity index (χ3v) is 3.82. The number of carbonyl (C=O) groups is 1. The molecule has 1 heterocycles. The molecule has 3 N–H and O–H groups in total. The van der Waals surface area contributed by atoms with Crippen LogP contribution in [0, 0.1) is 0 Å². The van der Waals surface area contributed by atoms with Gasteiger partial charge in [0.1, 0.15) is 10.7 Å². The molecule has 2 aromatic rings. The molecular weight excluding hydrogens is 296 g/mol. The van der Waals surface area contributed by atoms with Crippen molar-refractivity contribution in [1.82, 2.24) is 4.98 Å². The first kappa shape index (κ1) is 14.8. The highest BCUT2D eigenvalue weighted by atomic mass is 35.5. The van der Waals surface area contributed by atoms with Gasteiger partial charge in [-0.2, -0.15) is 0 Å². The fourth-order valence-corrected chi connectivity index (χ4v) is 2.66. The van der Waals surface area contributed by atoms with E-state index in [9.17, 15) is 4.79 Å². The molecule has 0 aliphatic carbocycles. The van der Waals surface area contributed by atoms with E-state index in [1.54, 1.807) is 17.5 Å². The average Bonchev–Trinajstić information content (AvgIpc) is 2.87. The van der Waals surface area contributed by atoms with Crippen LogP contribution in [0.25, 0.3) is 0 Å². The Kier molecular flexibility index (Phi) is 4.59. The molecule has 106 valence electrons. The molecule has 7 heteroatoms. The van der Waals surface area contributed by atoms with Gasteiger partial charge in [0.2, 0.25) is 0 Å². The molecule has 0 unspecified atom stereocenters. The Bertz CT molecular complexity index is 627. The normalized spacial score (nSPS) is 10.4. The minimum atomic E-state index is -0.269. The number of aromatic nitrogens is 1. The maximum atomic E-state index is 12.0. The maximum absolute atomic E-state index is 12.0. The molecule has 0 aliphatic heterocycles. The van der Waals surface area contributed by atoms with Gasteiger partial charge in [-0.3, -0.25) is 4.79 Å². The van der Waals surface area contributed by atoms with Gasteiger partial charge in [0, 0.05) is 31.7 Å². The van der Waals surface area contributed by atoms with Crippen LogP contribution >= 0.6 is 22.9 Å². The van der Waals surface area contributed by atoms with Crippen molar-refractivity contribution >= 4 is 40.2 Å². The van der Waals surface area contributed by atoms with Crippen molar-refractivity contribution in [1.29, 1.82) is 0 Å². The topological polar surface area (TPSA) is 71.2 Å². The van der Waals surface area contributed by atoms with Crippen molar-refractivity contribution in [2.24, 2.45) is 5.73 Å². The number of benzene rings is 1. The second-order valence-electron chi connectivity index (χ2n) is 4.35. The second-order valence-corrected chi connectivity index (χ2v) is 5.70. The molecule has 20 heavy (non-hydrogen) atoms. The van der Waals surface area contributed by atoms with E-state index >= 15 is 0 Å². The van der Waals surface area contributed by atoms with Gasteiger partial charge in [-0.25, -0.2) is 4.98 Å². The first-order valence-electron chi connectivity index (χ1n) is 5.94. The highest BCUT2D eigenvalue weighted by molar-refractivity contribution is 7.09. The Morgan fingerprint density at radius 2 is 2.25 bits per heavy atom. The molecule has 0 saturated heterocycles. The molecule has 0 spiro atoms. The quantitative estimate of drug-likeness (QED) is 0.910. The lowest BCUT2D eigenvalue weighted by molar-refractivity contribution is 0.102. The Hall–Kier alpha value is -1.63. The van der Waals surface area contributed by atoms with E-state index in [2.05, 4.69) is 10.3 Å². The number of rotatable bonds is 4. The fourth-order valence-electron chi connectivity index (χ4n) is 1.65. The SMILES string of the molecule is CN(C)c1ccc(NC(=O)c2csc(CN)n2)cc1Cl. The number of hydrogen-bond acceptors (Lipinski definition) is 5. The molecule has 2 rings (SSSR count). The van der Waals surface area contributed by atoms with Gasteiger partial charge in [-0.15, -0.1) is 11.3 Å². The minimum Gasteiger partial charge on any atom is -0.376 e. The van der Waals surface area contributed by atoms with Crippen LogP contribution in [0.3, 0.4) is 0 Å². The summed E-state index contributed by atoms with van der Waals surface area (Å²) in [5.74, 6) is -0.269. The molecule has 0 bridgehead atoms. The monoisotopic (exact) mass is 310 g/mol. The summed E-state index contributed by atoms with van der Waals surface area (Å²) < 4.78 is 0. The van der Waals surface area contributed by atoms with Gasteiger partial charge < -0.3 is 16.0 Å². The number of anilines is 2. The molecule has 0 radical (unpaired) electrons. The van der Waals surface area contributed by atoms with Crippen molar-refractivity contribution in [2.75, 3.05) is 24.3 Å².